The third kappa shape index (κ3) is 29.2. The molecular weight excluding hydrogens is 1270 g/mol. The number of nitrogens with zero attached hydrogens (tertiary/aromatic N) is 7. The maximum atomic E-state index is 15.3. The third-order valence-corrected chi connectivity index (χ3v) is 17.8. The van der Waals surface area contributed by atoms with Gasteiger partial charge in [-0.05, 0) is 95.3 Å². The van der Waals surface area contributed by atoms with Gasteiger partial charge in [-0.2, -0.15) is 0 Å². The minimum absolute atomic E-state index is 0.0674. The average molecular weight is 1400 g/mol. The van der Waals surface area contributed by atoms with Gasteiger partial charge in [0.25, 0.3) is 0 Å². The molecule has 0 aliphatic rings. The fourth-order valence-corrected chi connectivity index (χ4v) is 11.9. The molecular formula is C73H129N9O17. The number of hydrogen-bond acceptors (Lipinski definition) is 17. The molecule has 13 atom stereocenters. The first-order valence-electron chi connectivity index (χ1n) is 35.2. The lowest BCUT2D eigenvalue weighted by molar-refractivity contribution is -0.164. The molecule has 26 nitrogen and oxygen atoms in total. The zero-order chi connectivity index (χ0) is 77.2. The van der Waals surface area contributed by atoms with Crippen LogP contribution in [0.5, 0.6) is 0 Å². The topological polar surface area (TPSA) is 306 Å². The van der Waals surface area contributed by atoms with Gasteiger partial charge in [0.15, 0.2) is 5.78 Å². The number of amides is 9. The van der Waals surface area contributed by atoms with Crippen molar-refractivity contribution in [2.24, 2.45) is 53.3 Å². The number of rotatable bonds is 42. The molecule has 0 unspecified atom stereocenters. The molecule has 26 heteroatoms. The number of ketones is 2. The summed E-state index contributed by atoms with van der Waals surface area (Å²) < 4.78 is 22.2. The molecule has 0 aliphatic heterocycles. The summed E-state index contributed by atoms with van der Waals surface area (Å²) >= 11 is 0. The molecule has 0 aliphatic carbocycles. The Balaban J connectivity index is 7.19. The highest BCUT2D eigenvalue weighted by Crippen LogP contribution is 2.28. The molecule has 0 saturated heterocycles. The van der Waals surface area contributed by atoms with Crippen LogP contribution in [0.25, 0.3) is 0 Å². The van der Waals surface area contributed by atoms with E-state index in [0.717, 1.165) is 4.90 Å². The molecule has 568 valence electrons. The van der Waals surface area contributed by atoms with Gasteiger partial charge in [0.05, 0.1) is 19.2 Å². The lowest BCUT2D eigenvalue weighted by Crippen LogP contribution is -2.63. The van der Waals surface area contributed by atoms with Crippen molar-refractivity contribution in [3.63, 3.8) is 0 Å². The number of nitrogens with one attached hydrogen (secondary N) is 2. The van der Waals surface area contributed by atoms with Crippen molar-refractivity contribution >= 4 is 76.9 Å². The van der Waals surface area contributed by atoms with Crippen LogP contribution < -0.4 is 10.6 Å². The molecule has 0 spiro atoms. The first-order chi connectivity index (χ1) is 45.6. The Kier molecular flexibility index (Phi) is 39.9. The number of esters is 2. The number of ether oxygens (including phenoxy) is 4. The lowest BCUT2D eigenvalue weighted by Gasteiger charge is -2.42. The van der Waals surface area contributed by atoms with Crippen molar-refractivity contribution in [3.8, 4) is 0 Å². The van der Waals surface area contributed by atoms with Crippen molar-refractivity contribution < 1.29 is 81.3 Å². The van der Waals surface area contributed by atoms with Crippen LogP contribution in [0.2, 0.25) is 0 Å². The number of methoxy groups -OCH3 is 1. The molecule has 0 rings (SSSR count). The lowest BCUT2D eigenvalue weighted by atomic mass is 9.88. The normalized spacial score (nSPS) is 15.8. The Hall–Kier alpha value is -6.99. The Morgan fingerprint density at radius 1 is 0.515 bits per heavy atom. The first kappa shape index (κ1) is 92.0. The molecule has 0 radical (unpaired) electrons. The van der Waals surface area contributed by atoms with Crippen LogP contribution in [0.3, 0.4) is 0 Å². The molecule has 0 saturated carbocycles. The maximum absolute atomic E-state index is 15.3. The molecule has 0 aromatic carbocycles. The van der Waals surface area contributed by atoms with E-state index in [9.17, 15) is 47.9 Å². The van der Waals surface area contributed by atoms with Crippen LogP contribution in [0.15, 0.2) is 12.2 Å². The number of allylic oxidation sites excluding steroid dienone is 2. The van der Waals surface area contributed by atoms with Crippen LogP contribution in [0.4, 0.5) is 4.79 Å². The summed E-state index contributed by atoms with van der Waals surface area (Å²) in [6, 6.07) is -9.63. The van der Waals surface area contributed by atoms with Gasteiger partial charge in [-0.25, -0.2) is 9.59 Å². The second-order valence-corrected chi connectivity index (χ2v) is 30.1. The van der Waals surface area contributed by atoms with Crippen LogP contribution in [-0.2, 0) is 76.5 Å². The van der Waals surface area contributed by atoms with E-state index in [1.54, 1.807) is 103 Å². The predicted molar refractivity (Wildman–Crippen MR) is 380 cm³/mol. The van der Waals surface area contributed by atoms with Gasteiger partial charge in [0.2, 0.25) is 47.3 Å². The van der Waals surface area contributed by atoms with Crippen molar-refractivity contribution in [2.45, 2.75) is 250 Å². The standard InChI is InChI=1S/C73H129N9O17/c1-30-32-33-47(13)63(98-52(18)84)62(65(88)74-53(31-2)71(94)97-35-34-76(22)51(17)83)81(27)70(93)60(46(11)12)80(26)68(91)56(38-44(7)8)79(25)67(90)55(37-43(5)6)78(24)66(89)49(15)40-57(85)48(14)39-58(86)54(36-42(3)4)77(23)69(92)59(45(9)10)75-64(87)61(50(16)41-96-29)82(28)72(95)99-73(19,20)21/h30,32,42-50,53-56,59-63H,31,33-41H2,1-29H3,(H,74,88)(H,75,87)/b32-30+/t47-,48-,49+,50+,53+,54+,55+,56+,59+,60+,61+,62+,63-/m1/s1. The highest BCUT2D eigenvalue weighted by molar-refractivity contribution is 5.99. The minimum atomic E-state index is -1.56. The summed E-state index contributed by atoms with van der Waals surface area (Å²) in [5.74, 6) is -11.6. The second kappa shape index (κ2) is 43.0. The van der Waals surface area contributed by atoms with Gasteiger partial charge in [-0.1, -0.05) is 116 Å². The predicted octanol–water partition coefficient (Wildman–Crippen LogP) is 7.22. The van der Waals surface area contributed by atoms with Crippen molar-refractivity contribution in [2.75, 3.05) is 76.2 Å². The van der Waals surface area contributed by atoms with E-state index in [-0.39, 0.29) is 81.9 Å². The van der Waals surface area contributed by atoms with Gasteiger partial charge < -0.3 is 59.0 Å². The molecule has 0 aromatic heterocycles. The van der Waals surface area contributed by atoms with Crippen molar-refractivity contribution in [1.82, 2.24) is 44.9 Å². The summed E-state index contributed by atoms with van der Waals surface area (Å²) in [7, 11) is 11.7. The number of carbonyl (C=O) groups is 13. The number of Topliss-reactive ketones (excluding diaryl/α,β-unsaturated/α-hetero) is 2. The smallest absolute Gasteiger partial charge is 0.410 e. The van der Waals surface area contributed by atoms with E-state index in [0.29, 0.717) is 6.42 Å². The van der Waals surface area contributed by atoms with Crippen LogP contribution in [0, 0.1) is 53.3 Å². The maximum Gasteiger partial charge on any atom is 0.410 e. The number of carbonyl (C=O) groups excluding carboxylic acids is 13. The molecule has 9 amide bonds. The van der Waals surface area contributed by atoms with E-state index in [4.69, 9.17) is 18.9 Å². The Bertz CT molecular complexity index is 2730. The van der Waals surface area contributed by atoms with E-state index >= 15 is 14.4 Å². The Morgan fingerprint density at radius 3 is 1.42 bits per heavy atom. The van der Waals surface area contributed by atoms with Gasteiger partial charge in [-0.15, -0.1) is 0 Å². The fourth-order valence-electron chi connectivity index (χ4n) is 11.9. The molecule has 0 heterocycles. The molecule has 0 aromatic rings. The van der Waals surface area contributed by atoms with Crippen molar-refractivity contribution in [1.29, 1.82) is 0 Å². The highest BCUT2D eigenvalue weighted by Gasteiger charge is 2.47. The quantitative estimate of drug-likeness (QED) is 0.0346. The largest absolute Gasteiger partial charge is 0.462 e. The van der Waals surface area contributed by atoms with Crippen LogP contribution in [-0.4, -0.2) is 247 Å². The Labute approximate surface area is 592 Å². The van der Waals surface area contributed by atoms with Crippen LogP contribution in [0.1, 0.15) is 190 Å². The Morgan fingerprint density at radius 2 is 0.980 bits per heavy atom. The fraction of sp³-hybridized carbons (Fsp3) is 0.795. The molecule has 0 bridgehead atoms. The van der Waals surface area contributed by atoms with Gasteiger partial charge in [0.1, 0.15) is 66.4 Å². The number of likely N-dealkylation sites (N-methyl/N-ethyl adjacent to an activating group) is 7. The van der Waals surface area contributed by atoms with Gasteiger partial charge in [-0.3, -0.25) is 57.6 Å². The monoisotopic (exact) mass is 1400 g/mol. The van der Waals surface area contributed by atoms with E-state index < -0.39 is 166 Å². The zero-order valence-electron chi connectivity index (χ0n) is 65.7. The molecule has 2 N–H and O–H groups in total. The summed E-state index contributed by atoms with van der Waals surface area (Å²) in [5, 5.41) is 5.57. The minimum Gasteiger partial charge on any atom is -0.462 e. The summed E-state index contributed by atoms with van der Waals surface area (Å²) in [6.45, 7) is 36.0. The van der Waals surface area contributed by atoms with E-state index in [2.05, 4.69) is 10.6 Å². The SMILES string of the molecule is C/C=C/C[C@@H](C)[C@@H](OC(C)=O)[C@@H](C(=O)N[C@@H](CC)C(=O)OCCN(C)C(C)=O)N(C)C(=O)[C@H](C(C)C)N(C)C(=O)[C@H](CC(C)C)N(C)C(=O)[C@H](CC(C)C)N(C)C(=O)[C@@H](C)CC(=O)[C@H](C)CC(=O)[C@H](CC(C)C)N(C)C(=O)[C@@H](NC(=O)[C@H]([C@@H](C)COC)N(C)C(=O)OC(C)(C)C)C(C)C. The summed E-state index contributed by atoms with van der Waals surface area (Å²) in [6.07, 6.45) is 1.90. The van der Waals surface area contributed by atoms with Gasteiger partial charge >= 0.3 is 18.0 Å². The highest BCUT2D eigenvalue weighted by atomic mass is 16.6. The first-order valence-corrected chi connectivity index (χ1v) is 35.2. The molecule has 99 heavy (non-hydrogen) atoms. The second-order valence-electron chi connectivity index (χ2n) is 30.1. The van der Waals surface area contributed by atoms with E-state index in [1.807, 2.05) is 47.6 Å². The third-order valence-electron chi connectivity index (χ3n) is 17.8. The average Bonchev–Trinajstić information content (AvgIpc) is 0.799. The van der Waals surface area contributed by atoms with Crippen molar-refractivity contribution in [3.05, 3.63) is 12.2 Å². The van der Waals surface area contributed by atoms with Crippen LogP contribution >= 0.6 is 0 Å². The number of hydrogen-bond donors (Lipinski definition) is 2. The summed E-state index contributed by atoms with van der Waals surface area (Å²) in [4.78, 5) is 193. The van der Waals surface area contributed by atoms with Gasteiger partial charge in [0, 0.05) is 101 Å². The summed E-state index contributed by atoms with van der Waals surface area (Å²) in [5.41, 5.74) is -0.859. The molecule has 0 fully saturated rings. The van der Waals surface area contributed by atoms with E-state index in [1.165, 1.54) is 92.6 Å². The zero-order valence-corrected chi connectivity index (χ0v) is 65.7.